The van der Waals surface area contributed by atoms with Crippen molar-refractivity contribution in [2.75, 3.05) is 33.3 Å². The van der Waals surface area contributed by atoms with Gasteiger partial charge in [0, 0.05) is 26.2 Å². The van der Waals surface area contributed by atoms with E-state index in [4.69, 9.17) is 4.74 Å². The van der Waals surface area contributed by atoms with Crippen LogP contribution in [-0.4, -0.2) is 44.3 Å². The molecule has 0 amide bonds. The van der Waals surface area contributed by atoms with E-state index >= 15 is 0 Å². The molecule has 0 aromatic heterocycles. The number of ether oxygens (including phenoxy) is 1. The maximum atomic E-state index is 13.0. The van der Waals surface area contributed by atoms with Gasteiger partial charge in [-0.05, 0) is 24.7 Å². The third-order valence-corrected chi connectivity index (χ3v) is 3.03. The van der Waals surface area contributed by atoms with E-state index in [0.29, 0.717) is 13.1 Å². The van der Waals surface area contributed by atoms with Gasteiger partial charge in [0.25, 0.3) is 0 Å². The fourth-order valence-electron chi connectivity index (χ4n) is 2.02. The molecule has 0 bridgehead atoms. The minimum absolute atomic E-state index is 0.161. The third-order valence-electron chi connectivity index (χ3n) is 3.03. The zero-order valence-corrected chi connectivity index (χ0v) is 10.5. The molecule has 2 rings (SSSR count). The van der Waals surface area contributed by atoms with Crippen LogP contribution in [-0.2, 0) is 11.3 Å². The zero-order chi connectivity index (χ0) is 13.0. The first-order valence-electron chi connectivity index (χ1n) is 6.10. The third kappa shape index (κ3) is 3.73. The van der Waals surface area contributed by atoms with Crippen LogP contribution in [0, 0.1) is 11.6 Å². The highest BCUT2D eigenvalue weighted by atomic mass is 19.2. The van der Waals surface area contributed by atoms with E-state index < -0.39 is 11.6 Å². The molecule has 1 aromatic carbocycles. The molecule has 1 N–H and O–H groups in total. The van der Waals surface area contributed by atoms with Gasteiger partial charge in [0.1, 0.15) is 0 Å². The van der Waals surface area contributed by atoms with Gasteiger partial charge in [-0.1, -0.05) is 6.07 Å². The van der Waals surface area contributed by atoms with E-state index in [9.17, 15) is 8.78 Å². The predicted molar refractivity (Wildman–Crippen MR) is 65.3 cm³/mol. The quantitative estimate of drug-likeness (QED) is 0.881. The Bertz CT molecular complexity index is 401. The normalized spacial score (nSPS) is 21.2. The maximum absolute atomic E-state index is 13.0. The van der Waals surface area contributed by atoms with Gasteiger partial charge in [0.2, 0.25) is 0 Å². The number of halogens is 2. The lowest BCUT2D eigenvalue weighted by Crippen LogP contribution is -2.44. The minimum Gasteiger partial charge on any atom is -0.374 e. The lowest BCUT2D eigenvalue weighted by molar-refractivity contribution is -0.0182. The zero-order valence-electron chi connectivity index (χ0n) is 10.5. The number of rotatable bonds is 4. The Labute approximate surface area is 106 Å². The van der Waals surface area contributed by atoms with Crippen LogP contribution in [0.3, 0.4) is 0 Å². The Morgan fingerprint density at radius 3 is 2.94 bits per heavy atom. The van der Waals surface area contributed by atoms with Crippen molar-refractivity contribution < 1.29 is 13.5 Å². The van der Waals surface area contributed by atoms with E-state index in [0.717, 1.165) is 31.3 Å². The first-order chi connectivity index (χ1) is 8.65. The average Bonchev–Trinajstić information content (AvgIpc) is 2.34. The van der Waals surface area contributed by atoms with Crippen molar-refractivity contribution in [3.8, 4) is 0 Å². The monoisotopic (exact) mass is 256 g/mol. The van der Waals surface area contributed by atoms with Crippen LogP contribution in [0.15, 0.2) is 18.2 Å². The van der Waals surface area contributed by atoms with Crippen molar-refractivity contribution in [3.05, 3.63) is 35.4 Å². The SMILES string of the molecule is CN1CCO[C@@H](CNCc2ccc(F)c(F)c2)C1. The molecule has 1 aliphatic rings. The van der Waals surface area contributed by atoms with Crippen molar-refractivity contribution in [2.24, 2.45) is 0 Å². The first-order valence-corrected chi connectivity index (χ1v) is 6.10. The average molecular weight is 256 g/mol. The molecule has 1 heterocycles. The topological polar surface area (TPSA) is 24.5 Å². The molecular formula is C13H18F2N2O. The molecule has 0 unspecified atom stereocenters. The van der Waals surface area contributed by atoms with Crippen molar-refractivity contribution in [2.45, 2.75) is 12.6 Å². The molecule has 1 saturated heterocycles. The van der Waals surface area contributed by atoms with Crippen molar-refractivity contribution in [1.82, 2.24) is 10.2 Å². The number of hydrogen-bond donors (Lipinski definition) is 1. The molecule has 0 aliphatic carbocycles. The van der Waals surface area contributed by atoms with Crippen LogP contribution in [0.25, 0.3) is 0 Å². The Hall–Kier alpha value is -1.04. The Kier molecular flexibility index (Phi) is 4.63. The van der Waals surface area contributed by atoms with Crippen LogP contribution in [0.4, 0.5) is 8.78 Å². The summed E-state index contributed by atoms with van der Waals surface area (Å²) in [5.41, 5.74) is 0.734. The van der Waals surface area contributed by atoms with E-state index in [-0.39, 0.29) is 6.10 Å². The standard InChI is InChI=1S/C13H18F2N2O/c1-17-4-5-18-11(9-17)8-16-7-10-2-3-12(14)13(15)6-10/h2-3,6,11,16H,4-5,7-9H2,1H3/t11-/m0/s1. The lowest BCUT2D eigenvalue weighted by Gasteiger charge is -2.30. The summed E-state index contributed by atoms with van der Waals surface area (Å²) in [5, 5.41) is 3.20. The fourth-order valence-corrected chi connectivity index (χ4v) is 2.02. The largest absolute Gasteiger partial charge is 0.374 e. The molecule has 5 heteroatoms. The van der Waals surface area contributed by atoms with Crippen LogP contribution < -0.4 is 5.32 Å². The highest BCUT2D eigenvalue weighted by Crippen LogP contribution is 2.08. The lowest BCUT2D eigenvalue weighted by atomic mass is 10.2. The van der Waals surface area contributed by atoms with Crippen LogP contribution >= 0.6 is 0 Å². The van der Waals surface area contributed by atoms with Gasteiger partial charge in [0.05, 0.1) is 12.7 Å². The van der Waals surface area contributed by atoms with Gasteiger partial charge in [0.15, 0.2) is 11.6 Å². The molecule has 0 radical (unpaired) electrons. The Morgan fingerprint density at radius 1 is 1.39 bits per heavy atom. The summed E-state index contributed by atoms with van der Waals surface area (Å²) in [6.07, 6.45) is 0.161. The van der Waals surface area contributed by atoms with Crippen molar-refractivity contribution in [3.63, 3.8) is 0 Å². The highest BCUT2D eigenvalue weighted by molar-refractivity contribution is 5.17. The van der Waals surface area contributed by atoms with Crippen molar-refractivity contribution in [1.29, 1.82) is 0 Å². The molecule has 100 valence electrons. The van der Waals surface area contributed by atoms with Gasteiger partial charge in [-0.25, -0.2) is 8.78 Å². The van der Waals surface area contributed by atoms with Crippen LogP contribution in [0.2, 0.25) is 0 Å². The van der Waals surface area contributed by atoms with Crippen LogP contribution in [0.1, 0.15) is 5.56 Å². The molecule has 0 saturated carbocycles. The Balaban J connectivity index is 1.76. The van der Waals surface area contributed by atoms with Gasteiger partial charge in [-0.15, -0.1) is 0 Å². The molecule has 3 nitrogen and oxygen atoms in total. The summed E-state index contributed by atoms with van der Waals surface area (Å²) in [7, 11) is 2.06. The minimum atomic E-state index is -0.809. The second kappa shape index (κ2) is 6.22. The second-order valence-corrected chi connectivity index (χ2v) is 4.63. The summed E-state index contributed by atoms with van der Waals surface area (Å²) in [5.74, 6) is -1.61. The van der Waals surface area contributed by atoms with Gasteiger partial charge >= 0.3 is 0 Å². The number of nitrogens with zero attached hydrogens (tertiary/aromatic N) is 1. The summed E-state index contributed by atoms with van der Waals surface area (Å²) in [6.45, 7) is 3.82. The van der Waals surface area contributed by atoms with Gasteiger partial charge in [-0.3, -0.25) is 0 Å². The van der Waals surface area contributed by atoms with Crippen LogP contribution in [0.5, 0.6) is 0 Å². The second-order valence-electron chi connectivity index (χ2n) is 4.63. The number of likely N-dealkylation sites (N-methyl/N-ethyl adjacent to an activating group) is 1. The molecule has 1 fully saturated rings. The first kappa shape index (κ1) is 13.4. The molecule has 1 aromatic rings. The van der Waals surface area contributed by atoms with Gasteiger partial charge < -0.3 is 15.0 Å². The van der Waals surface area contributed by atoms with E-state index in [2.05, 4.69) is 17.3 Å². The maximum Gasteiger partial charge on any atom is 0.159 e. The van der Waals surface area contributed by atoms with Crippen molar-refractivity contribution >= 4 is 0 Å². The van der Waals surface area contributed by atoms with Gasteiger partial charge in [-0.2, -0.15) is 0 Å². The summed E-state index contributed by atoms with van der Waals surface area (Å²) < 4.78 is 31.3. The van der Waals surface area contributed by atoms with E-state index in [1.165, 1.54) is 6.07 Å². The number of hydrogen-bond acceptors (Lipinski definition) is 3. The molecule has 1 aliphatic heterocycles. The fraction of sp³-hybridized carbons (Fsp3) is 0.538. The smallest absolute Gasteiger partial charge is 0.159 e. The molecule has 0 spiro atoms. The number of morpholine rings is 1. The highest BCUT2D eigenvalue weighted by Gasteiger charge is 2.16. The molecule has 18 heavy (non-hydrogen) atoms. The summed E-state index contributed by atoms with van der Waals surface area (Å²) in [4.78, 5) is 2.22. The number of nitrogens with one attached hydrogen (secondary N) is 1. The summed E-state index contributed by atoms with van der Waals surface area (Å²) >= 11 is 0. The number of benzene rings is 1. The predicted octanol–water partition coefficient (Wildman–Crippen LogP) is 1.38. The molecule has 1 atom stereocenters. The Morgan fingerprint density at radius 2 is 2.22 bits per heavy atom. The summed E-state index contributed by atoms with van der Waals surface area (Å²) in [6, 6.07) is 3.95. The van der Waals surface area contributed by atoms with E-state index in [1.54, 1.807) is 6.07 Å². The van der Waals surface area contributed by atoms with E-state index in [1.807, 2.05) is 0 Å². The molecular weight excluding hydrogens is 238 g/mol.